The fourth-order valence-electron chi connectivity index (χ4n) is 1.82. The number of esters is 1. The zero-order valence-electron chi connectivity index (χ0n) is 11.1. The number of anilines is 1. The first-order chi connectivity index (χ1) is 9.10. The highest BCUT2D eigenvalue weighted by atomic mass is 16.5. The number of hydrogen-bond acceptors (Lipinski definition) is 4. The lowest BCUT2D eigenvalue weighted by Crippen LogP contribution is -2.05. The molecule has 1 aromatic carbocycles. The Bertz CT molecular complexity index is 573. The highest BCUT2D eigenvalue weighted by molar-refractivity contribution is 5.90. The average Bonchev–Trinajstić information content (AvgIpc) is 2.74. The molecule has 2 N–H and O–H groups in total. The van der Waals surface area contributed by atoms with Crippen molar-refractivity contribution < 1.29 is 9.53 Å². The second-order valence-electron chi connectivity index (χ2n) is 4.29. The number of aryl methyl sites for hydroxylation is 1. The Morgan fingerprint density at radius 2 is 2.05 bits per heavy atom. The van der Waals surface area contributed by atoms with E-state index in [2.05, 4.69) is 5.10 Å². The lowest BCUT2D eigenvalue weighted by Gasteiger charge is -2.02. The van der Waals surface area contributed by atoms with Crippen LogP contribution >= 0.6 is 0 Å². The number of nitrogen functional groups attached to an aromatic ring is 1. The molecule has 0 radical (unpaired) electrons. The molecule has 0 spiro atoms. The first-order valence-corrected chi connectivity index (χ1v) is 6.15. The van der Waals surface area contributed by atoms with Crippen LogP contribution in [0.3, 0.4) is 0 Å². The van der Waals surface area contributed by atoms with Crippen molar-refractivity contribution in [3.8, 4) is 0 Å². The van der Waals surface area contributed by atoms with Gasteiger partial charge in [-0.05, 0) is 31.5 Å². The summed E-state index contributed by atoms with van der Waals surface area (Å²) < 4.78 is 6.71. The summed E-state index contributed by atoms with van der Waals surface area (Å²) in [5.74, 6) is -0.330. The molecule has 0 saturated heterocycles. The van der Waals surface area contributed by atoms with Crippen molar-refractivity contribution in [2.24, 2.45) is 0 Å². The van der Waals surface area contributed by atoms with E-state index in [0.29, 0.717) is 24.4 Å². The molecule has 2 aromatic rings. The van der Waals surface area contributed by atoms with Gasteiger partial charge in [0, 0.05) is 11.9 Å². The molecule has 0 aliphatic heterocycles. The van der Waals surface area contributed by atoms with Crippen LogP contribution in [0.25, 0.3) is 0 Å². The predicted octanol–water partition coefficient (Wildman–Crippen LogP) is 2.00. The Morgan fingerprint density at radius 1 is 1.37 bits per heavy atom. The van der Waals surface area contributed by atoms with Crippen molar-refractivity contribution in [2.75, 3.05) is 12.3 Å². The summed E-state index contributed by atoms with van der Waals surface area (Å²) in [6, 6.07) is 7.57. The largest absolute Gasteiger partial charge is 0.462 e. The van der Waals surface area contributed by atoms with E-state index < -0.39 is 0 Å². The predicted molar refractivity (Wildman–Crippen MR) is 72.9 cm³/mol. The van der Waals surface area contributed by atoms with E-state index in [-0.39, 0.29) is 5.97 Å². The van der Waals surface area contributed by atoms with Crippen LogP contribution in [-0.4, -0.2) is 22.4 Å². The van der Waals surface area contributed by atoms with Gasteiger partial charge in [-0.1, -0.05) is 12.1 Å². The number of ether oxygens (including phenoxy) is 1. The molecule has 0 aliphatic carbocycles. The molecule has 0 amide bonds. The summed E-state index contributed by atoms with van der Waals surface area (Å²) in [5, 5.41) is 4.32. The van der Waals surface area contributed by atoms with Gasteiger partial charge in [-0.2, -0.15) is 5.10 Å². The normalized spacial score (nSPS) is 10.4. The van der Waals surface area contributed by atoms with Crippen LogP contribution < -0.4 is 5.73 Å². The Labute approximate surface area is 112 Å². The summed E-state index contributed by atoms with van der Waals surface area (Å²) >= 11 is 0. The van der Waals surface area contributed by atoms with Gasteiger partial charge in [0.1, 0.15) is 5.56 Å². The Balaban J connectivity index is 2.16. The van der Waals surface area contributed by atoms with Crippen LogP contribution in [0.1, 0.15) is 28.5 Å². The van der Waals surface area contributed by atoms with Gasteiger partial charge in [-0.15, -0.1) is 0 Å². The van der Waals surface area contributed by atoms with E-state index in [1.165, 1.54) is 0 Å². The number of carbonyl (C=O) groups excluding carboxylic acids is 1. The summed E-state index contributed by atoms with van der Waals surface area (Å²) in [6.07, 6.45) is 1.71. The molecule has 1 heterocycles. The van der Waals surface area contributed by atoms with Gasteiger partial charge >= 0.3 is 5.97 Å². The van der Waals surface area contributed by atoms with Gasteiger partial charge in [0.2, 0.25) is 0 Å². The molecule has 1 aromatic heterocycles. The minimum absolute atomic E-state index is 0.330. The minimum atomic E-state index is -0.330. The number of hydrogen-bond donors (Lipinski definition) is 1. The van der Waals surface area contributed by atoms with E-state index in [1.54, 1.807) is 24.7 Å². The second-order valence-corrected chi connectivity index (χ2v) is 4.29. The first-order valence-electron chi connectivity index (χ1n) is 6.15. The van der Waals surface area contributed by atoms with Crippen molar-refractivity contribution >= 4 is 11.7 Å². The van der Waals surface area contributed by atoms with Crippen molar-refractivity contribution in [1.29, 1.82) is 0 Å². The van der Waals surface area contributed by atoms with Gasteiger partial charge in [0.15, 0.2) is 0 Å². The zero-order chi connectivity index (χ0) is 13.8. The summed E-state index contributed by atoms with van der Waals surface area (Å²) in [7, 11) is 0. The highest BCUT2D eigenvalue weighted by Gasteiger charge is 2.14. The number of benzene rings is 1. The maximum absolute atomic E-state index is 11.7. The SMILES string of the molecule is CCOC(=O)c1cn(Cc2ccc(N)cc2)nc1C. The van der Waals surface area contributed by atoms with E-state index in [1.807, 2.05) is 24.3 Å². The Kier molecular flexibility index (Phi) is 3.85. The van der Waals surface area contributed by atoms with Gasteiger partial charge in [0.25, 0.3) is 0 Å². The van der Waals surface area contributed by atoms with Crippen LogP contribution in [-0.2, 0) is 11.3 Å². The van der Waals surface area contributed by atoms with Gasteiger partial charge < -0.3 is 10.5 Å². The van der Waals surface area contributed by atoms with E-state index in [0.717, 1.165) is 11.3 Å². The van der Waals surface area contributed by atoms with E-state index in [4.69, 9.17) is 10.5 Å². The molecule has 0 unspecified atom stereocenters. The summed E-state index contributed by atoms with van der Waals surface area (Å²) in [6.45, 7) is 4.54. The topological polar surface area (TPSA) is 70.1 Å². The van der Waals surface area contributed by atoms with Gasteiger partial charge in [-0.3, -0.25) is 4.68 Å². The van der Waals surface area contributed by atoms with Crippen molar-refractivity contribution in [3.63, 3.8) is 0 Å². The van der Waals surface area contributed by atoms with Crippen LogP contribution in [0, 0.1) is 6.92 Å². The lowest BCUT2D eigenvalue weighted by atomic mass is 10.2. The molecule has 0 saturated carbocycles. The average molecular weight is 259 g/mol. The van der Waals surface area contributed by atoms with E-state index in [9.17, 15) is 4.79 Å². The number of nitrogens with two attached hydrogens (primary N) is 1. The fourth-order valence-corrected chi connectivity index (χ4v) is 1.82. The Morgan fingerprint density at radius 3 is 2.68 bits per heavy atom. The number of aromatic nitrogens is 2. The molecule has 5 nitrogen and oxygen atoms in total. The smallest absolute Gasteiger partial charge is 0.341 e. The van der Waals surface area contributed by atoms with Crippen LogP contribution in [0.2, 0.25) is 0 Å². The molecule has 100 valence electrons. The molecular formula is C14H17N3O2. The third-order valence-electron chi connectivity index (χ3n) is 2.77. The number of carbonyl (C=O) groups is 1. The number of rotatable bonds is 4. The maximum atomic E-state index is 11.7. The molecule has 0 fully saturated rings. The number of nitrogens with zero attached hydrogens (tertiary/aromatic N) is 2. The van der Waals surface area contributed by atoms with Crippen molar-refractivity contribution in [3.05, 3.63) is 47.3 Å². The van der Waals surface area contributed by atoms with E-state index >= 15 is 0 Å². The molecular weight excluding hydrogens is 242 g/mol. The molecule has 5 heteroatoms. The van der Waals surface area contributed by atoms with Crippen LogP contribution in [0.4, 0.5) is 5.69 Å². The molecule has 0 bridgehead atoms. The zero-order valence-corrected chi connectivity index (χ0v) is 11.1. The molecule has 19 heavy (non-hydrogen) atoms. The fraction of sp³-hybridized carbons (Fsp3) is 0.286. The maximum Gasteiger partial charge on any atom is 0.341 e. The summed E-state index contributed by atoms with van der Waals surface area (Å²) in [4.78, 5) is 11.7. The van der Waals surface area contributed by atoms with Crippen LogP contribution in [0.15, 0.2) is 30.5 Å². The third kappa shape index (κ3) is 3.13. The second kappa shape index (κ2) is 5.56. The standard InChI is InChI=1S/C14H17N3O2/c1-3-19-14(18)13-9-17(16-10(13)2)8-11-4-6-12(15)7-5-11/h4-7,9H,3,8,15H2,1-2H3. The molecule has 0 aliphatic rings. The first kappa shape index (κ1) is 13.1. The van der Waals surface area contributed by atoms with Crippen LogP contribution in [0.5, 0.6) is 0 Å². The quantitative estimate of drug-likeness (QED) is 0.673. The van der Waals surface area contributed by atoms with Crippen molar-refractivity contribution in [1.82, 2.24) is 9.78 Å². The van der Waals surface area contributed by atoms with Gasteiger partial charge in [-0.25, -0.2) is 4.79 Å². The Hall–Kier alpha value is -2.30. The third-order valence-corrected chi connectivity index (χ3v) is 2.77. The molecule has 0 atom stereocenters. The minimum Gasteiger partial charge on any atom is -0.462 e. The monoisotopic (exact) mass is 259 g/mol. The highest BCUT2D eigenvalue weighted by Crippen LogP contribution is 2.11. The molecule has 2 rings (SSSR count). The summed E-state index contributed by atoms with van der Waals surface area (Å²) in [5.41, 5.74) is 8.63. The van der Waals surface area contributed by atoms with Gasteiger partial charge in [0.05, 0.1) is 18.8 Å². The lowest BCUT2D eigenvalue weighted by molar-refractivity contribution is 0.0525. The van der Waals surface area contributed by atoms with Crippen molar-refractivity contribution in [2.45, 2.75) is 20.4 Å².